The highest BCUT2D eigenvalue weighted by atomic mass is 19.4. The van der Waals surface area contributed by atoms with Gasteiger partial charge in [-0.05, 0) is 59.4 Å². The number of piperidine rings is 1. The number of carbonyl (C=O) groups is 1. The first-order chi connectivity index (χ1) is 16.5. The number of likely N-dealkylation sites (tertiary alicyclic amines) is 1. The summed E-state index contributed by atoms with van der Waals surface area (Å²) in [5.41, 5.74) is 0.156. The third kappa shape index (κ3) is 5.59. The summed E-state index contributed by atoms with van der Waals surface area (Å²) in [5.74, 6) is -4.61. The van der Waals surface area contributed by atoms with E-state index in [1.165, 1.54) is 4.52 Å². The minimum absolute atomic E-state index is 0.00193. The van der Waals surface area contributed by atoms with Crippen molar-refractivity contribution in [3.05, 3.63) is 29.2 Å². The Hall–Kier alpha value is -2.46. The SMILES string of the molecule is Cc1cc(C2(C)CN(C(=O)OC(C)(C)C)CC(F)(F)C2)n2nc(C3CCC(C(F)(F)F)CC3)cc2n1. The highest BCUT2D eigenvalue weighted by Crippen LogP contribution is 2.44. The molecule has 1 saturated carbocycles. The fourth-order valence-corrected chi connectivity index (χ4v) is 5.53. The average Bonchev–Trinajstić information content (AvgIpc) is 3.13. The van der Waals surface area contributed by atoms with Gasteiger partial charge in [0.2, 0.25) is 0 Å². The van der Waals surface area contributed by atoms with E-state index < -0.39 is 48.1 Å². The van der Waals surface area contributed by atoms with E-state index in [9.17, 15) is 26.7 Å². The molecule has 1 unspecified atom stereocenters. The molecular weight excluding hydrogens is 483 g/mol. The first-order valence-corrected chi connectivity index (χ1v) is 12.3. The smallest absolute Gasteiger partial charge is 0.410 e. The summed E-state index contributed by atoms with van der Waals surface area (Å²) in [6.45, 7) is 7.71. The van der Waals surface area contributed by atoms with E-state index in [4.69, 9.17) is 4.74 Å². The predicted molar refractivity (Wildman–Crippen MR) is 123 cm³/mol. The van der Waals surface area contributed by atoms with Crippen molar-refractivity contribution in [1.82, 2.24) is 19.5 Å². The van der Waals surface area contributed by atoms with Gasteiger partial charge < -0.3 is 9.64 Å². The molecule has 1 atom stereocenters. The molecule has 3 heterocycles. The molecule has 11 heteroatoms. The van der Waals surface area contributed by atoms with Crippen molar-refractivity contribution in [3.8, 4) is 0 Å². The molecule has 2 fully saturated rings. The molecule has 2 aromatic heterocycles. The molecule has 36 heavy (non-hydrogen) atoms. The van der Waals surface area contributed by atoms with Crippen LogP contribution in [-0.2, 0) is 10.2 Å². The van der Waals surface area contributed by atoms with Crippen LogP contribution in [0, 0.1) is 12.8 Å². The fraction of sp³-hybridized carbons (Fsp3) is 0.720. The van der Waals surface area contributed by atoms with Crippen LogP contribution in [0.4, 0.5) is 26.7 Å². The Kier molecular flexibility index (Phi) is 6.53. The minimum atomic E-state index is -4.20. The molecule has 1 saturated heterocycles. The molecule has 1 aliphatic carbocycles. The lowest BCUT2D eigenvalue weighted by Gasteiger charge is -2.44. The van der Waals surface area contributed by atoms with E-state index in [-0.39, 0.29) is 25.3 Å². The van der Waals surface area contributed by atoms with Crippen molar-refractivity contribution in [2.24, 2.45) is 5.92 Å². The van der Waals surface area contributed by atoms with Crippen molar-refractivity contribution < 1.29 is 31.5 Å². The number of halogens is 5. The van der Waals surface area contributed by atoms with Crippen LogP contribution in [-0.4, -0.2) is 56.4 Å². The van der Waals surface area contributed by atoms with Gasteiger partial charge in [-0.15, -0.1) is 0 Å². The number of fused-ring (bicyclic) bond motifs is 1. The van der Waals surface area contributed by atoms with Crippen LogP contribution in [0.25, 0.3) is 5.65 Å². The zero-order chi connectivity index (χ0) is 26.7. The number of rotatable bonds is 2. The van der Waals surface area contributed by atoms with E-state index in [2.05, 4.69) is 10.1 Å². The lowest BCUT2D eigenvalue weighted by atomic mass is 9.77. The van der Waals surface area contributed by atoms with Gasteiger partial charge in [0.05, 0.1) is 23.9 Å². The van der Waals surface area contributed by atoms with Crippen LogP contribution in [0.15, 0.2) is 12.1 Å². The third-order valence-electron chi connectivity index (χ3n) is 7.06. The summed E-state index contributed by atoms with van der Waals surface area (Å²) < 4.78 is 76.1. The largest absolute Gasteiger partial charge is 0.444 e. The van der Waals surface area contributed by atoms with E-state index in [0.717, 1.165) is 4.90 Å². The first-order valence-electron chi connectivity index (χ1n) is 12.3. The molecule has 2 aromatic rings. The molecule has 4 rings (SSSR count). The molecular formula is C25H33F5N4O2. The van der Waals surface area contributed by atoms with Gasteiger partial charge in [-0.3, -0.25) is 0 Å². The highest BCUT2D eigenvalue weighted by molar-refractivity contribution is 5.68. The quantitative estimate of drug-likeness (QED) is 0.433. The van der Waals surface area contributed by atoms with Gasteiger partial charge in [0.15, 0.2) is 5.65 Å². The fourth-order valence-electron chi connectivity index (χ4n) is 5.53. The summed E-state index contributed by atoms with van der Waals surface area (Å²) >= 11 is 0. The Labute approximate surface area is 207 Å². The second-order valence-electron chi connectivity index (χ2n) is 11.6. The molecule has 2 aliphatic rings. The molecule has 0 N–H and O–H groups in total. The number of ether oxygens (including phenoxy) is 1. The Morgan fingerprint density at radius 3 is 2.31 bits per heavy atom. The number of aryl methyl sites for hydroxylation is 1. The normalized spacial score (nSPS) is 27.3. The topological polar surface area (TPSA) is 59.7 Å². The number of hydrogen-bond acceptors (Lipinski definition) is 4. The van der Waals surface area contributed by atoms with E-state index in [0.29, 0.717) is 35.6 Å². The van der Waals surface area contributed by atoms with Crippen LogP contribution >= 0.6 is 0 Å². The molecule has 1 aliphatic heterocycles. The number of carbonyl (C=O) groups excluding carboxylic acids is 1. The van der Waals surface area contributed by atoms with Gasteiger partial charge in [0.1, 0.15) is 5.60 Å². The first kappa shape index (κ1) is 26.6. The third-order valence-corrected chi connectivity index (χ3v) is 7.06. The Morgan fingerprint density at radius 2 is 1.72 bits per heavy atom. The van der Waals surface area contributed by atoms with Crippen LogP contribution in [0.5, 0.6) is 0 Å². The van der Waals surface area contributed by atoms with Gasteiger partial charge in [0, 0.05) is 36.1 Å². The summed E-state index contributed by atoms with van der Waals surface area (Å²) in [7, 11) is 0. The van der Waals surface area contributed by atoms with Gasteiger partial charge in [-0.2, -0.15) is 18.3 Å². The van der Waals surface area contributed by atoms with Crippen molar-refractivity contribution >= 4 is 11.7 Å². The maximum absolute atomic E-state index is 15.0. The second-order valence-corrected chi connectivity index (χ2v) is 11.6. The molecule has 200 valence electrons. The molecule has 0 bridgehead atoms. The monoisotopic (exact) mass is 516 g/mol. The lowest BCUT2D eigenvalue weighted by molar-refractivity contribution is -0.182. The standard InChI is InChI=1S/C25H33F5N4O2/c1-15-10-19(23(5)12-24(26,27)14-33(13-23)21(35)36-22(2,3)4)34-20(31-15)11-18(32-34)16-6-8-17(9-7-16)25(28,29)30/h10-11,16-17H,6-9,12-14H2,1-5H3. The number of nitrogens with zero attached hydrogens (tertiary/aromatic N) is 4. The zero-order valence-electron chi connectivity index (χ0n) is 21.3. The number of alkyl halides is 5. The van der Waals surface area contributed by atoms with Crippen LogP contribution in [0.3, 0.4) is 0 Å². The lowest BCUT2D eigenvalue weighted by Crippen LogP contribution is -2.56. The molecule has 0 spiro atoms. The van der Waals surface area contributed by atoms with Crippen LogP contribution < -0.4 is 0 Å². The summed E-state index contributed by atoms with van der Waals surface area (Å²) in [6.07, 6.45) is -4.72. The van der Waals surface area contributed by atoms with Crippen LogP contribution in [0.2, 0.25) is 0 Å². The van der Waals surface area contributed by atoms with E-state index in [1.807, 2.05) is 0 Å². The molecule has 0 radical (unpaired) electrons. The van der Waals surface area contributed by atoms with Gasteiger partial charge >= 0.3 is 12.3 Å². The Bertz CT molecular complexity index is 1130. The summed E-state index contributed by atoms with van der Waals surface area (Å²) in [5, 5.41) is 4.66. The number of amides is 1. The van der Waals surface area contributed by atoms with Gasteiger partial charge in [0.25, 0.3) is 5.92 Å². The van der Waals surface area contributed by atoms with Gasteiger partial charge in [-0.25, -0.2) is 23.1 Å². The van der Waals surface area contributed by atoms with Crippen molar-refractivity contribution in [1.29, 1.82) is 0 Å². The highest BCUT2D eigenvalue weighted by Gasteiger charge is 2.51. The van der Waals surface area contributed by atoms with Crippen LogP contribution in [0.1, 0.15) is 82.8 Å². The number of hydrogen-bond donors (Lipinski definition) is 0. The van der Waals surface area contributed by atoms with E-state index >= 15 is 0 Å². The summed E-state index contributed by atoms with van der Waals surface area (Å²) in [6, 6.07) is 3.43. The molecule has 6 nitrogen and oxygen atoms in total. The zero-order valence-corrected chi connectivity index (χ0v) is 21.3. The maximum atomic E-state index is 15.0. The van der Waals surface area contributed by atoms with Crippen molar-refractivity contribution in [3.63, 3.8) is 0 Å². The van der Waals surface area contributed by atoms with Crippen molar-refractivity contribution in [2.75, 3.05) is 13.1 Å². The maximum Gasteiger partial charge on any atom is 0.410 e. The minimum Gasteiger partial charge on any atom is -0.444 e. The number of aromatic nitrogens is 3. The molecule has 0 aromatic carbocycles. The molecule has 1 amide bonds. The Balaban J connectivity index is 1.67. The average molecular weight is 517 g/mol. The van der Waals surface area contributed by atoms with Crippen molar-refractivity contribution in [2.45, 2.75) is 95.8 Å². The summed E-state index contributed by atoms with van der Waals surface area (Å²) in [4.78, 5) is 18.3. The van der Waals surface area contributed by atoms with Gasteiger partial charge in [-0.1, -0.05) is 6.92 Å². The predicted octanol–water partition coefficient (Wildman–Crippen LogP) is 6.41. The second kappa shape index (κ2) is 8.83. The Morgan fingerprint density at radius 1 is 1.08 bits per heavy atom. The van der Waals surface area contributed by atoms with E-state index in [1.54, 1.807) is 46.8 Å².